The zero-order valence-electron chi connectivity index (χ0n) is 16.5. The molecule has 0 aromatic heterocycles. The van der Waals surface area contributed by atoms with Crippen LogP contribution in [0, 0.1) is 10.1 Å². The number of thioether (sulfide) groups is 1. The van der Waals surface area contributed by atoms with Gasteiger partial charge in [0, 0.05) is 12.1 Å². The molecule has 3 rings (SSSR count). The van der Waals surface area contributed by atoms with Crippen molar-refractivity contribution in [1.82, 2.24) is 0 Å². The maximum atomic E-state index is 12.9. The molecular weight excluding hydrogens is 424 g/mol. The lowest BCUT2D eigenvalue weighted by Crippen LogP contribution is -2.27. The predicted octanol–water partition coefficient (Wildman–Crippen LogP) is 5.19. The van der Waals surface area contributed by atoms with Gasteiger partial charge in [-0.05, 0) is 49.2 Å². The lowest BCUT2D eigenvalue weighted by atomic mass is 10.1. The first-order chi connectivity index (χ1) is 14.4. The van der Waals surface area contributed by atoms with E-state index in [-0.39, 0.29) is 11.6 Å². The standard InChI is InChI=1S/C21H20N2O5S2/c1-3-11-28-17-10-5-14(12-18(17)27-4-2)13-19-20(24)22(21(29)30-19)15-6-8-16(9-7-15)23(25)26/h5-10,12-13H,3-4,11H2,1-2H3/b19-13+. The summed E-state index contributed by atoms with van der Waals surface area (Å²) in [5.41, 5.74) is 1.23. The van der Waals surface area contributed by atoms with Gasteiger partial charge in [0.25, 0.3) is 11.6 Å². The number of carbonyl (C=O) groups excluding carboxylic acids is 1. The molecule has 0 unspecified atom stereocenters. The van der Waals surface area contributed by atoms with Gasteiger partial charge in [-0.1, -0.05) is 37.0 Å². The summed E-state index contributed by atoms with van der Waals surface area (Å²) in [6, 6.07) is 11.2. The van der Waals surface area contributed by atoms with Crippen LogP contribution in [-0.2, 0) is 4.79 Å². The highest BCUT2D eigenvalue weighted by atomic mass is 32.2. The summed E-state index contributed by atoms with van der Waals surface area (Å²) in [6.07, 6.45) is 2.63. The third kappa shape index (κ3) is 4.80. The van der Waals surface area contributed by atoms with Crippen LogP contribution in [0.15, 0.2) is 47.4 Å². The number of non-ortho nitro benzene ring substituents is 1. The molecule has 0 saturated carbocycles. The number of hydrogen-bond acceptors (Lipinski definition) is 7. The SMILES string of the molecule is CCCOc1ccc(/C=C2/SC(=S)N(c3ccc([N+](=O)[O-])cc3)C2=O)cc1OCC. The van der Waals surface area contributed by atoms with Crippen LogP contribution in [-0.4, -0.2) is 28.4 Å². The summed E-state index contributed by atoms with van der Waals surface area (Å²) in [7, 11) is 0. The van der Waals surface area contributed by atoms with Gasteiger partial charge in [0.1, 0.15) is 0 Å². The number of nitro groups is 1. The van der Waals surface area contributed by atoms with E-state index in [1.165, 1.54) is 40.9 Å². The first-order valence-corrected chi connectivity index (χ1v) is 10.6. The van der Waals surface area contributed by atoms with Crippen molar-refractivity contribution in [1.29, 1.82) is 0 Å². The van der Waals surface area contributed by atoms with E-state index in [9.17, 15) is 14.9 Å². The molecule has 0 spiro atoms. The molecule has 1 aliphatic heterocycles. The van der Waals surface area contributed by atoms with Gasteiger partial charge >= 0.3 is 0 Å². The van der Waals surface area contributed by atoms with Crippen LogP contribution in [0.3, 0.4) is 0 Å². The van der Waals surface area contributed by atoms with Gasteiger partial charge in [0.2, 0.25) is 0 Å². The monoisotopic (exact) mass is 444 g/mol. The van der Waals surface area contributed by atoms with Gasteiger partial charge < -0.3 is 9.47 Å². The van der Waals surface area contributed by atoms with Gasteiger partial charge in [-0.2, -0.15) is 0 Å². The molecule has 1 aliphatic rings. The van der Waals surface area contributed by atoms with Crippen LogP contribution in [0.2, 0.25) is 0 Å². The third-order valence-corrected chi connectivity index (χ3v) is 5.44. The zero-order chi connectivity index (χ0) is 21.7. The van der Waals surface area contributed by atoms with Crippen molar-refractivity contribution in [3.05, 3.63) is 63.0 Å². The van der Waals surface area contributed by atoms with Gasteiger partial charge in [0.15, 0.2) is 15.8 Å². The Morgan fingerprint density at radius 2 is 1.87 bits per heavy atom. The maximum Gasteiger partial charge on any atom is 0.270 e. The number of nitrogens with zero attached hydrogens (tertiary/aromatic N) is 2. The predicted molar refractivity (Wildman–Crippen MR) is 122 cm³/mol. The van der Waals surface area contributed by atoms with Crippen molar-refractivity contribution in [3.8, 4) is 11.5 Å². The van der Waals surface area contributed by atoms with Crippen molar-refractivity contribution in [2.24, 2.45) is 0 Å². The molecule has 0 radical (unpaired) electrons. The Morgan fingerprint density at radius 1 is 1.13 bits per heavy atom. The number of benzene rings is 2. The van der Waals surface area contributed by atoms with E-state index in [2.05, 4.69) is 0 Å². The van der Waals surface area contributed by atoms with E-state index in [4.69, 9.17) is 21.7 Å². The highest BCUT2D eigenvalue weighted by Gasteiger charge is 2.33. The summed E-state index contributed by atoms with van der Waals surface area (Å²) >= 11 is 6.54. The van der Waals surface area contributed by atoms with Crippen molar-refractivity contribution in [2.45, 2.75) is 20.3 Å². The topological polar surface area (TPSA) is 81.9 Å². The number of hydrogen-bond donors (Lipinski definition) is 0. The number of ether oxygens (including phenoxy) is 2. The van der Waals surface area contributed by atoms with E-state index in [0.29, 0.717) is 39.6 Å². The molecule has 30 heavy (non-hydrogen) atoms. The van der Waals surface area contributed by atoms with Gasteiger partial charge in [-0.25, -0.2) is 0 Å². The number of carbonyl (C=O) groups is 1. The number of anilines is 1. The molecular formula is C21H20N2O5S2. The molecule has 9 heteroatoms. The molecule has 0 N–H and O–H groups in total. The second kappa shape index (κ2) is 9.73. The smallest absolute Gasteiger partial charge is 0.270 e. The average Bonchev–Trinajstić information content (AvgIpc) is 3.00. The maximum absolute atomic E-state index is 12.9. The largest absolute Gasteiger partial charge is 0.490 e. The van der Waals surface area contributed by atoms with Crippen LogP contribution < -0.4 is 14.4 Å². The molecule has 0 aliphatic carbocycles. The van der Waals surface area contributed by atoms with E-state index >= 15 is 0 Å². The number of rotatable bonds is 8. The van der Waals surface area contributed by atoms with E-state index in [1.807, 2.05) is 32.0 Å². The Kier molecular flexibility index (Phi) is 7.07. The lowest BCUT2D eigenvalue weighted by molar-refractivity contribution is -0.384. The van der Waals surface area contributed by atoms with Gasteiger partial charge in [0.05, 0.1) is 28.7 Å². The Bertz CT molecular complexity index is 1000. The summed E-state index contributed by atoms with van der Waals surface area (Å²) in [6.45, 7) is 5.01. The van der Waals surface area contributed by atoms with Crippen molar-refractivity contribution in [3.63, 3.8) is 0 Å². The van der Waals surface area contributed by atoms with E-state index in [0.717, 1.165) is 12.0 Å². The summed E-state index contributed by atoms with van der Waals surface area (Å²) < 4.78 is 11.7. The molecule has 1 fully saturated rings. The molecule has 1 amide bonds. The minimum Gasteiger partial charge on any atom is -0.490 e. The van der Waals surface area contributed by atoms with Crippen molar-refractivity contribution in [2.75, 3.05) is 18.1 Å². The summed E-state index contributed by atoms with van der Waals surface area (Å²) in [4.78, 5) is 25.1. The second-order valence-electron chi connectivity index (χ2n) is 6.28. The fraction of sp³-hybridized carbons (Fsp3) is 0.238. The van der Waals surface area contributed by atoms with E-state index in [1.54, 1.807) is 6.08 Å². The average molecular weight is 445 g/mol. The fourth-order valence-corrected chi connectivity index (χ4v) is 4.08. The number of thiocarbonyl (C=S) groups is 1. The Morgan fingerprint density at radius 3 is 2.50 bits per heavy atom. The minimum atomic E-state index is -0.488. The van der Waals surface area contributed by atoms with Gasteiger partial charge in [-0.15, -0.1) is 0 Å². The highest BCUT2D eigenvalue weighted by molar-refractivity contribution is 8.27. The molecule has 156 valence electrons. The normalized spacial score (nSPS) is 15.0. The quantitative estimate of drug-likeness (QED) is 0.240. The van der Waals surface area contributed by atoms with Crippen LogP contribution >= 0.6 is 24.0 Å². The number of amides is 1. The van der Waals surface area contributed by atoms with Crippen LogP contribution in [0.4, 0.5) is 11.4 Å². The van der Waals surface area contributed by atoms with Crippen molar-refractivity contribution >= 4 is 51.7 Å². The fourth-order valence-electron chi connectivity index (χ4n) is 2.78. The molecule has 1 saturated heterocycles. The summed E-state index contributed by atoms with van der Waals surface area (Å²) in [5.74, 6) is 1.00. The minimum absolute atomic E-state index is 0.0476. The first kappa shape index (κ1) is 21.8. The Balaban J connectivity index is 1.85. The summed E-state index contributed by atoms with van der Waals surface area (Å²) in [5, 5.41) is 10.8. The third-order valence-electron chi connectivity index (χ3n) is 4.14. The lowest BCUT2D eigenvalue weighted by Gasteiger charge is -2.14. The Labute approximate surface area is 183 Å². The van der Waals surface area contributed by atoms with Crippen LogP contribution in [0.5, 0.6) is 11.5 Å². The van der Waals surface area contributed by atoms with Crippen LogP contribution in [0.25, 0.3) is 6.08 Å². The second-order valence-corrected chi connectivity index (χ2v) is 7.95. The molecule has 0 bridgehead atoms. The first-order valence-electron chi connectivity index (χ1n) is 9.36. The molecule has 2 aromatic carbocycles. The van der Waals surface area contributed by atoms with Gasteiger partial charge in [-0.3, -0.25) is 19.8 Å². The Hall–Kier alpha value is -2.91. The molecule has 1 heterocycles. The van der Waals surface area contributed by atoms with Crippen LogP contribution in [0.1, 0.15) is 25.8 Å². The van der Waals surface area contributed by atoms with Crippen molar-refractivity contribution < 1.29 is 19.2 Å². The van der Waals surface area contributed by atoms with E-state index < -0.39 is 4.92 Å². The molecule has 0 atom stereocenters. The zero-order valence-corrected chi connectivity index (χ0v) is 18.1. The molecule has 2 aromatic rings. The highest BCUT2D eigenvalue weighted by Crippen LogP contribution is 2.37. The number of nitro benzene ring substituents is 1. The molecule has 7 nitrogen and oxygen atoms in total.